The van der Waals surface area contributed by atoms with Crippen molar-refractivity contribution >= 4 is 33.2 Å². The Labute approximate surface area is 185 Å². The smallest absolute Gasteiger partial charge is 0.265 e. The summed E-state index contributed by atoms with van der Waals surface area (Å²) in [5.41, 5.74) is 4.94. The van der Waals surface area contributed by atoms with Crippen molar-refractivity contribution in [2.24, 2.45) is 0 Å². The first-order valence-corrected chi connectivity index (χ1v) is 10.8. The third-order valence-electron chi connectivity index (χ3n) is 6.09. The van der Waals surface area contributed by atoms with Gasteiger partial charge in [-0.25, -0.2) is 15.0 Å². The van der Waals surface area contributed by atoms with Gasteiger partial charge in [-0.2, -0.15) is 0 Å². The Kier molecular flexibility index (Phi) is 4.69. The van der Waals surface area contributed by atoms with Gasteiger partial charge in [0.05, 0.1) is 23.8 Å². The molecule has 0 unspecified atom stereocenters. The fourth-order valence-electron chi connectivity index (χ4n) is 4.31. The van der Waals surface area contributed by atoms with Crippen LogP contribution in [0.4, 0.5) is 0 Å². The Morgan fingerprint density at radius 3 is 2.41 bits per heavy atom. The van der Waals surface area contributed by atoms with E-state index in [1.54, 1.807) is 11.7 Å². The van der Waals surface area contributed by atoms with Gasteiger partial charge in [-0.1, -0.05) is 25.1 Å². The molecule has 0 aliphatic carbocycles. The molecule has 162 valence electrons. The molecule has 0 radical (unpaired) electrons. The minimum absolute atomic E-state index is 0.0275. The highest BCUT2D eigenvalue weighted by molar-refractivity contribution is 6.06. The lowest BCUT2D eigenvalue weighted by molar-refractivity contribution is 0.413. The van der Waals surface area contributed by atoms with Crippen LogP contribution in [0.2, 0.25) is 0 Å². The first-order valence-electron chi connectivity index (χ1n) is 10.8. The highest BCUT2D eigenvalue weighted by Gasteiger charge is 2.24. The molecule has 0 aliphatic rings. The molecule has 2 aromatic carbocycles. The first kappa shape index (κ1) is 20.2. The zero-order valence-electron chi connectivity index (χ0n) is 18.9. The molecule has 0 saturated carbocycles. The van der Waals surface area contributed by atoms with Gasteiger partial charge in [0, 0.05) is 6.04 Å². The number of nitrogens with zero attached hydrogens (tertiary/aromatic N) is 5. The monoisotopic (exact) mass is 427 g/mol. The van der Waals surface area contributed by atoms with E-state index in [1.807, 2.05) is 67.8 Å². The molecule has 0 aliphatic heterocycles. The number of rotatable bonds is 4. The number of methoxy groups -OCH3 is 1. The van der Waals surface area contributed by atoms with Crippen molar-refractivity contribution in [1.82, 2.24) is 24.1 Å². The predicted molar refractivity (Wildman–Crippen MR) is 127 cm³/mol. The fourth-order valence-corrected chi connectivity index (χ4v) is 4.31. The van der Waals surface area contributed by atoms with Crippen molar-refractivity contribution in [3.63, 3.8) is 0 Å². The molecule has 5 rings (SSSR count). The molecule has 0 saturated heterocycles. The molecule has 0 fully saturated rings. The number of para-hydroxylation sites is 2. The molecule has 0 spiro atoms. The summed E-state index contributed by atoms with van der Waals surface area (Å²) in [5, 5.41) is 0.479. The van der Waals surface area contributed by atoms with E-state index in [2.05, 4.69) is 6.92 Å². The number of hydrogen-bond donors (Lipinski definition) is 0. The lowest BCUT2D eigenvalue weighted by Gasteiger charge is -2.16. The summed E-state index contributed by atoms with van der Waals surface area (Å²) in [5.74, 6) is 1.34. The van der Waals surface area contributed by atoms with Crippen molar-refractivity contribution in [3.8, 4) is 11.4 Å². The van der Waals surface area contributed by atoms with Crippen LogP contribution in [0.15, 0.2) is 47.3 Å². The standard InChI is InChI=1S/C25H25N5O2/c1-6-15(3)29-16(4)26-23-21(25(29)31)22-24(28-18-10-8-7-9-17(18)27-22)30(23)19-13-14(2)11-12-20(19)32-5/h7-13,15H,6H2,1-5H3/t15-/m0/s1. The van der Waals surface area contributed by atoms with Gasteiger partial charge >= 0.3 is 0 Å². The second kappa shape index (κ2) is 7.44. The number of aromatic nitrogens is 5. The van der Waals surface area contributed by atoms with Crippen molar-refractivity contribution in [3.05, 3.63) is 64.2 Å². The highest BCUT2D eigenvalue weighted by Crippen LogP contribution is 2.33. The second-order valence-electron chi connectivity index (χ2n) is 8.19. The number of fused-ring (bicyclic) bond motifs is 4. The Morgan fingerprint density at radius 2 is 1.72 bits per heavy atom. The van der Waals surface area contributed by atoms with E-state index in [1.165, 1.54) is 0 Å². The van der Waals surface area contributed by atoms with Crippen LogP contribution in [0.1, 0.15) is 37.7 Å². The van der Waals surface area contributed by atoms with Crippen LogP contribution < -0.4 is 10.3 Å². The lowest BCUT2D eigenvalue weighted by atomic mass is 10.2. The maximum absolute atomic E-state index is 13.8. The Bertz CT molecular complexity index is 1560. The van der Waals surface area contributed by atoms with Crippen LogP contribution in [-0.4, -0.2) is 31.2 Å². The molecule has 0 bridgehead atoms. The summed E-state index contributed by atoms with van der Waals surface area (Å²) in [6.45, 7) is 7.99. The van der Waals surface area contributed by atoms with Gasteiger partial charge in [0.25, 0.3) is 5.56 Å². The van der Waals surface area contributed by atoms with Crippen LogP contribution in [0.3, 0.4) is 0 Å². The van der Waals surface area contributed by atoms with E-state index in [9.17, 15) is 4.79 Å². The van der Waals surface area contributed by atoms with Crippen LogP contribution in [0, 0.1) is 13.8 Å². The van der Waals surface area contributed by atoms with Gasteiger partial charge in [-0.3, -0.25) is 13.9 Å². The van der Waals surface area contributed by atoms with E-state index in [0.29, 0.717) is 33.8 Å². The summed E-state index contributed by atoms with van der Waals surface area (Å²) in [6, 6.07) is 13.6. The summed E-state index contributed by atoms with van der Waals surface area (Å²) < 4.78 is 9.34. The molecular weight excluding hydrogens is 402 g/mol. The minimum atomic E-state index is -0.0956. The van der Waals surface area contributed by atoms with Crippen molar-refractivity contribution in [1.29, 1.82) is 0 Å². The van der Waals surface area contributed by atoms with Gasteiger partial charge < -0.3 is 4.74 Å². The quantitative estimate of drug-likeness (QED) is 0.409. The molecule has 1 atom stereocenters. The summed E-state index contributed by atoms with van der Waals surface area (Å²) in [4.78, 5) is 28.5. The largest absolute Gasteiger partial charge is 0.495 e. The molecule has 5 aromatic rings. The predicted octanol–water partition coefficient (Wildman–Crippen LogP) is 4.88. The summed E-state index contributed by atoms with van der Waals surface area (Å²) in [7, 11) is 1.64. The molecular formula is C25H25N5O2. The molecule has 7 nitrogen and oxygen atoms in total. The molecule has 0 amide bonds. The SMILES string of the molecule is CC[C@H](C)n1c(C)nc2c(c1=O)c1nc3ccccc3nc1n2-c1cc(C)ccc1OC. The van der Waals surface area contributed by atoms with Crippen LogP contribution in [-0.2, 0) is 0 Å². The van der Waals surface area contributed by atoms with Crippen LogP contribution in [0.25, 0.3) is 38.9 Å². The highest BCUT2D eigenvalue weighted by atomic mass is 16.5. The van der Waals surface area contributed by atoms with Crippen molar-refractivity contribution in [2.45, 2.75) is 40.2 Å². The maximum atomic E-state index is 13.8. The number of aryl methyl sites for hydroxylation is 2. The maximum Gasteiger partial charge on any atom is 0.265 e. The van der Waals surface area contributed by atoms with E-state index >= 15 is 0 Å². The van der Waals surface area contributed by atoms with Gasteiger partial charge in [-0.15, -0.1) is 0 Å². The average molecular weight is 428 g/mol. The minimum Gasteiger partial charge on any atom is -0.495 e. The lowest BCUT2D eigenvalue weighted by Crippen LogP contribution is -2.26. The fraction of sp³-hybridized carbons (Fsp3) is 0.280. The Morgan fingerprint density at radius 1 is 1.00 bits per heavy atom. The molecule has 3 heterocycles. The normalized spacial score (nSPS) is 12.7. The summed E-state index contributed by atoms with van der Waals surface area (Å²) in [6.07, 6.45) is 0.826. The molecule has 32 heavy (non-hydrogen) atoms. The first-order chi connectivity index (χ1) is 15.4. The molecule has 3 aromatic heterocycles. The van der Waals surface area contributed by atoms with E-state index in [-0.39, 0.29) is 11.6 Å². The Balaban J connectivity index is 2.04. The number of hydrogen-bond acceptors (Lipinski definition) is 5. The zero-order chi connectivity index (χ0) is 22.6. The number of benzene rings is 2. The second-order valence-corrected chi connectivity index (χ2v) is 8.19. The van der Waals surface area contributed by atoms with Crippen LogP contribution in [0.5, 0.6) is 5.75 Å². The van der Waals surface area contributed by atoms with E-state index < -0.39 is 0 Å². The zero-order valence-corrected chi connectivity index (χ0v) is 18.9. The topological polar surface area (TPSA) is 74.8 Å². The van der Waals surface area contributed by atoms with Crippen molar-refractivity contribution < 1.29 is 4.74 Å². The van der Waals surface area contributed by atoms with E-state index in [0.717, 1.165) is 28.7 Å². The van der Waals surface area contributed by atoms with Crippen molar-refractivity contribution in [2.75, 3.05) is 7.11 Å². The van der Waals surface area contributed by atoms with Gasteiger partial charge in [0.1, 0.15) is 22.5 Å². The number of ether oxygens (including phenoxy) is 1. The van der Waals surface area contributed by atoms with E-state index in [4.69, 9.17) is 19.7 Å². The average Bonchev–Trinajstić information content (AvgIpc) is 3.09. The molecule has 0 N–H and O–H groups in total. The summed E-state index contributed by atoms with van der Waals surface area (Å²) >= 11 is 0. The van der Waals surface area contributed by atoms with Gasteiger partial charge in [-0.05, 0) is 57.0 Å². The Hall–Kier alpha value is -3.74. The molecule has 7 heteroatoms. The van der Waals surface area contributed by atoms with Gasteiger partial charge in [0.15, 0.2) is 11.3 Å². The van der Waals surface area contributed by atoms with Gasteiger partial charge in [0.2, 0.25) is 0 Å². The van der Waals surface area contributed by atoms with Crippen LogP contribution >= 0.6 is 0 Å². The third kappa shape index (κ3) is 2.88. The third-order valence-corrected chi connectivity index (χ3v) is 6.09.